The molecule has 4 aliphatic rings. The van der Waals surface area contributed by atoms with E-state index >= 15 is 0 Å². The number of carbonyl (C=O) groups excluding carboxylic acids is 4. The van der Waals surface area contributed by atoms with Crippen LogP contribution in [0.1, 0.15) is 89.4 Å². The Morgan fingerprint density at radius 3 is 2.18 bits per heavy atom. The number of piperidine rings is 1. The first-order valence-corrected chi connectivity index (χ1v) is 19.1. The molecule has 0 spiro atoms. The van der Waals surface area contributed by atoms with Crippen molar-refractivity contribution >= 4 is 29.3 Å². The van der Waals surface area contributed by atoms with Crippen molar-refractivity contribution in [1.29, 1.82) is 5.26 Å². The molecule has 3 heterocycles. The number of anilines is 1. The van der Waals surface area contributed by atoms with Crippen molar-refractivity contribution in [2.45, 2.75) is 78.5 Å². The molecule has 3 aromatic rings. The topological polar surface area (TPSA) is 144 Å². The van der Waals surface area contributed by atoms with E-state index in [0.29, 0.717) is 17.0 Å². The van der Waals surface area contributed by atoms with Gasteiger partial charge in [-0.3, -0.25) is 24.5 Å². The normalized spacial score (nSPS) is 23.4. The summed E-state index contributed by atoms with van der Waals surface area (Å²) >= 11 is 0. The smallest absolute Gasteiger partial charge is 0.254 e. The van der Waals surface area contributed by atoms with Gasteiger partial charge in [-0.15, -0.1) is 0 Å². The van der Waals surface area contributed by atoms with Crippen LogP contribution in [0.25, 0.3) is 0 Å². The van der Waals surface area contributed by atoms with Crippen molar-refractivity contribution in [2.24, 2.45) is 16.7 Å². The SMILES string of the molecule is Cc1cc(O[C@H]2C(C)(C)[C@H](NC(=O)c3ccc(N4CC(CN5CC(c6ccc(C(=O)N[C@H]7CCC(=O)NC7=O)c(F)c6)C5)C4)cc3)C2(C)C)cc(C)c1C#N. The van der Waals surface area contributed by atoms with E-state index < -0.39 is 23.7 Å². The Morgan fingerprint density at radius 2 is 1.58 bits per heavy atom. The number of nitriles is 1. The number of amides is 4. The summed E-state index contributed by atoms with van der Waals surface area (Å²) in [6, 6.07) is 17.6. The standard InChI is InChI=1S/C43H49FN6O5/c1-24-15-31(16-25(2)33(24)18-45)55-41-42(3,4)40(43(41,5)6)48-37(52)27-7-10-30(11-8-27)50-20-26(21-50)19-49-22-29(23-49)28-9-12-32(34(44)17-28)38(53)46-35-13-14-36(51)47-39(35)54/h7-12,15-17,26,29,35,40-41H,13-14,19-23H2,1-6H3,(H,46,53)(H,48,52)(H,47,51,54)/t35-,40-,41-/m0/s1. The van der Waals surface area contributed by atoms with Gasteiger partial charge in [0, 0.05) is 79.1 Å². The first-order valence-electron chi connectivity index (χ1n) is 19.1. The maximum Gasteiger partial charge on any atom is 0.254 e. The van der Waals surface area contributed by atoms with E-state index in [2.05, 4.69) is 59.5 Å². The van der Waals surface area contributed by atoms with E-state index in [1.54, 1.807) is 6.07 Å². The van der Waals surface area contributed by atoms with Gasteiger partial charge in [0.1, 0.15) is 23.7 Å². The number of aryl methyl sites for hydroxylation is 2. The fourth-order valence-corrected chi connectivity index (χ4v) is 9.37. The average Bonchev–Trinajstić information content (AvgIpc) is 3.09. The number of hydrogen-bond acceptors (Lipinski definition) is 8. The number of benzene rings is 3. The van der Waals surface area contributed by atoms with Gasteiger partial charge in [0.05, 0.1) is 17.2 Å². The van der Waals surface area contributed by atoms with E-state index in [1.807, 2.05) is 50.2 Å². The number of nitrogens with zero attached hydrogens (tertiary/aromatic N) is 3. The molecule has 0 radical (unpaired) electrons. The molecule has 3 N–H and O–H groups in total. The molecule has 7 rings (SSSR count). The van der Waals surface area contributed by atoms with Crippen LogP contribution in [0.4, 0.5) is 10.1 Å². The van der Waals surface area contributed by atoms with E-state index in [0.717, 1.165) is 60.9 Å². The molecule has 3 aliphatic heterocycles. The zero-order valence-electron chi connectivity index (χ0n) is 32.3. The van der Waals surface area contributed by atoms with Crippen LogP contribution in [0.15, 0.2) is 54.6 Å². The van der Waals surface area contributed by atoms with E-state index in [9.17, 15) is 28.8 Å². The molecule has 1 saturated carbocycles. The number of imide groups is 1. The number of carbonyl (C=O) groups is 4. The van der Waals surface area contributed by atoms with Crippen molar-refractivity contribution < 1.29 is 28.3 Å². The Morgan fingerprint density at radius 1 is 0.927 bits per heavy atom. The lowest BCUT2D eigenvalue weighted by atomic mass is 9.49. The summed E-state index contributed by atoms with van der Waals surface area (Å²) in [6.07, 6.45) is 0.186. The first kappa shape index (κ1) is 38.0. The molecule has 55 heavy (non-hydrogen) atoms. The predicted octanol–water partition coefficient (Wildman–Crippen LogP) is 5.00. The molecular weight excluding hydrogens is 700 g/mol. The Kier molecular flexibility index (Phi) is 9.96. The molecule has 4 fully saturated rings. The van der Waals surface area contributed by atoms with E-state index in [-0.39, 0.29) is 59.1 Å². The third-order valence-corrected chi connectivity index (χ3v) is 12.2. The van der Waals surface area contributed by atoms with Crippen molar-refractivity contribution in [3.8, 4) is 11.8 Å². The van der Waals surface area contributed by atoms with Crippen molar-refractivity contribution in [2.75, 3.05) is 37.6 Å². The first-order chi connectivity index (χ1) is 26.0. The molecule has 0 aromatic heterocycles. The van der Waals surface area contributed by atoms with Gasteiger partial charge in [-0.2, -0.15) is 5.26 Å². The van der Waals surface area contributed by atoms with Gasteiger partial charge in [-0.05, 0) is 85.5 Å². The Balaban J connectivity index is 0.851. The van der Waals surface area contributed by atoms with Crippen LogP contribution in [0, 0.1) is 47.7 Å². The van der Waals surface area contributed by atoms with Crippen LogP contribution in [0.3, 0.4) is 0 Å². The van der Waals surface area contributed by atoms with Crippen molar-refractivity contribution in [3.63, 3.8) is 0 Å². The van der Waals surface area contributed by atoms with Gasteiger partial charge < -0.3 is 25.2 Å². The third-order valence-electron chi connectivity index (χ3n) is 12.2. The van der Waals surface area contributed by atoms with Crippen LogP contribution in [-0.2, 0) is 9.59 Å². The minimum absolute atomic E-state index is 0.105. The van der Waals surface area contributed by atoms with E-state index in [1.165, 1.54) is 12.1 Å². The summed E-state index contributed by atoms with van der Waals surface area (Å²) in [5.74, 6) is -0.933. The molecular formula is C43H49FN6O5. The second-order valence-electron chi connectivity index (χ2n) is 17.0. The number of nitrogens with one attached hydrogen (secondary N) is 3. The number of hydrogen-bond donors (Lipinski definition) is 3. The quantitative estimate of drug-likeness (QED) is 0.246. The van der Waals surface area contributed by atoms with Gasteiger partial charge in [0.2, 0.25) is 11.8 Å². The number of halogens is 1. The highest BCUT2D eigenvalue weighted by Gasteiger charge is 2.64. The Hall–Kier alpha value is -5.28. The van der Waals surface area contributed by atoms with Gasteiger partial charge in [-0.1, -0.05) is 33.8 Å². The average molecular weight is 749 g/mol. The molecule has 12 heteroatoms. The lowest BCUT2D eigenvalue weighted by molar-refractivity contribution is -0.164. The monoisotopic (exact) mass is 748 g/mol. The van der Waals surface area contributed by atoms with Gasteiger partial charge in [0.15, 0.2) is 0 Å². The van der Waals surface area contributed by atoms with Gasteiger partial charge in [0.25, 0.3) is 11.8 Å². The zero-order valence-corrected chi connectivity index (χ0v) is 32.3. The molecule has 0 bridgehead atoms. The minimum Gasteiger partial charge on any atom is -0.489 e. The highest BCUT2D eigenvalue weighted by molar-refractivity contribution is 6.03. The van der Waals surface area contributed by atoms with Crippen LogP contribution in [0.2, 0.25) is 0 Å². The Bertz CT molecular complexity index is 2040. The molecule has 3 saturated heterocycles. The van der Waals surface area contributed by atoms with Crippen LogP contribution in [-0.4, -0.2) is 79.4 Å². The fraction of sp³-hybridized carbons (Fsp3) is 0.465. The Labute approximate surface area is 321 Å². The number of rotatable bonds is 10. The lowest BCUT2D eigenvalue weighted by Gasteiger charge is -2.63. The maximum absolute atomic E-state index is 15.0. The van der Waals surface area contributed by atoms with Crippen LogP contribution >= 0.6 is 0 Å². The van der Waals surface area contributed by atoms with Crippen LogP contribution in [0.5, 0.6) is 5.75 Å². The molecule has 1 atom stereocenters. The number of likely N-dealkylation sites (tertiary alicyclic amines) is 1. The summed E-state index contributed by atoms with van der Waals surface area (Å²) < 4.78 is 21.5. The molecule has 11 nitrogen and oxygen atoms in total. The summed E-state index contributed by atoms with van der Waals surface area (Å²) in [5.41, 5.74) is 4.22. The van der Waals surface area contributed by atoms with E-state index in [4.69, 9.17) is 4.74 Å². The summed E-state index contributed by atoms with van der Waals surface area (Å²) in [4.78, 5) is 54.1. The molecule has 0 unspecified atom stereocenters. The minimum atomic E-state index is -0.858. The van der Waals surface area contributed by atoms with Crippen LogP contribution < -0.4 is 25.6 Å². The number of ether oxygens (including phenoxy) is 1. The maximum atomic E-state index is 15.0. The fourth-order valence-electron chi connectivity index (χ4n) is 9.37. The molecule has 288 valence electrons. The highest BCUT2D eigenvalue weighted by Crippen LogP contribution is 2.55. The summed E-state index contributed by atoms with van der Waals surface area (Å²) in [5, 5.41) is 17.5. The zero-order chi connectivity index (χ0) is 39.4. The predicted molar refractivity (Wildman–Crippen MR) is 205 cm³/mol. The van der Waals surface area contributed by atoms with Crippen molar-refractivity contribution in [1.82, 2.24) is 20.9 Å². The summed E-state index contributed by atoms with van der Waals surface area (Å²) in [7, 11) is 0. The largest absolute Gasteiger partial charge is 0.489 e. The van der Waals surface area contributed by atoms with Gasteiger partial charge in [-0.25, -0.2) is 4.39 Å². The molecule has 4 amide bonds. The van der Waals surface area contributed by atoms with Crippen molar-refractivity contribution in [3.05, 3.63) is 93.8 Å². The molecule has 1 aliphatic carbocycles. The highest BCUT2D eigenvalue weighted by atomic mass is 19.1. The molecule has 3 aromatic carbocycles. The third kappa shape index (κ3) is 7.30. The lowest BCUT2D eigenvalue weighted by Crippen LogP contribution is -2.74. The van der Waals surface area contributed by atoms with Gasteiger partial charge >= 0.3 is 0 Å². The second kappa shape index (κ2) is 14.4. The summed E-state index contributed by atoms with van der Waals surface area (Å²) in [6.45, 7) is 16.7. The second-order valence-corrected chi connectivity index (χ2v) is 17.0.